The molecule has 2 saturated carbocycles. The molecule has 0 aromatic carbocycles. The fraction of sp³-hybridized carbons (Fsp3) is 0.857. The van der Waals surface area contributed by atoms with Gasteiger partial charge in [0.2, 0.25) is 0 Å². The SMILES string of the molecule is CCN(C(=O)NC1(C(=O)O)CCCCCC1)C1CC1. The van der Waals surface area contributed by atoms with Crippen molar-refractivity contribution in [3.05, 3.63) is 0 Å². The zero-order chi connectivity index (χ0) is 13.9. The number of carbonyl (C=O) groups is 2. The van der Waals surface area contributed by atoms with Crippen LogP contribution < -0.4 is 5.32 Å². The monoisotopic (exact) mass is 268 g/mol. The Morgan fingerprint density at radius 2 is 1.79 bits per heavy atom. The molecule has 5 heteroatoms. The van der Waals surface area contributed by atoms with Crippen molar-refractivity contribution in [2.45, 2.75) is 69.9 Å². The van der Waals surface area contributed by atoms with E-state index in [9.17, 15) is 14.7 Å². The van der Waals surface area contributed by atoms with Crippen LogP contribution in [0.5, 0.6) is 0 Å². The van der Waals surface area contributed by atoms with E-state index in [0.29, 0.717) is 25.4 Å². The smallest absolute Gasteiger partial charge is 0.329 e. The molecule has 2 rings (SSSR count). The van der Waals surface area contributed by atoms with E-state index >= 15 is 0 Å². The number of carboxylic acids is 1. The van der Waals surface area contributed by atoms with Gasteiger partial charge in [0, 0.05) is 12.6 Å². The molecule has 0 atom stereocenters. The predicted molar refractivity (Wildman–Crippen MR) is 72.0 cm³/mol. The highest BCUT2D eigenvalue weighted by Crippen LogP contribution is 2.30. The van der Waals surface area contributed by atoms with E-state index in [1.165, 1.54) is 0 Å². The lowest BCUT2D eigenvalue weighted by Crippen LogP contribution is -2.58. The molecule has 0 saturated heterocycles. The van der Waals surface area contributed by atoms with Gasteiger partial charge in [0.15, 0.2) is 0 Å². The third kappa shape index (κ3) is 3.19. The minimum absolute atomic E-state index is 0.200. The number of amides is 2. The van der Waals surface area contributed by atoms with Gasteiger partial charge in [0.25, 0.3) is 0 Å². The Bertz CT molecular complexity index is 345. The van der Waals surface area contributed by atoms with Crippen molar-refractivity contribution >= 4 is 12.0 Å². The van der Waals surface area contributed by atoms with Crippen LogP contribution in [0.3, 0.4) is 0 Å². The first kappa shape index (κ1) is 14.2. The molecule has 2 fully saturated rings. The number of nitrogens with zero attached hydrogens (tertiary/aromatic N) is 1. The maximum absolute atomic E-state index is 12.3. The highest BCUT2D eigenvalue weighted by atomic mass is 16.4. The van der Waals surface area contributed by atoms with Crippen LogP contribution in [0.4, 0.5) is 4.79 Å². The number of carboxylic acid groups (broad SMARTS) is 1. The molecule has 2 amide bonds. The maximum atomic E-state index is 12.3. The normalized spacial score (nSPS) is 22.4. The molecule has 108 valence electrons. The Morgan fingerprint density at radius 3 is 2.21 bits per heavy atom. The molecule has 2 aliphatic rings. The fourth-order valence-electron chi connectivity index (χ4n) is 2.95. The van der Waals surface area contributed by atoms with E-state index in [1.807, 2.05) is 6.92 Å². The van der Waals surface area contributed by atoms with Crippen molar-refractivity contribution in [1.82, 2.24) is 10.2 Å². The molecule has 0 aromatic rings. The van der Waals surface area contributed by atoms with Gasteiger partial charge in [-0.05, 0) is 32.6 Å². The second-order valence-electron chi connectivity index (χ2n) is 5.75. The number of nitrogens with one attached hydrogen (secondary N) is 1. The van der Waals surface area contributed by atoms with Crippen LogP contribution >= 0.6 is 0 Å². The van der Waals surface area contributed by atoms with Crippen molar-refractivity contribution in [3.8, 4) is 0 Å². The molecule has 2 aliphatic carbocycles. The zero-order valence-electron chi connectivity index (χ0n) is 11.7. The van der Waals surface area contributed by atoms with Gasteiger partial charge in [-0.1, -0.05) is 25.7 Å². The van der Waals surface area contributed by atoms with Crippen LogP contribution in [0.15, 0.2) is 0 Å². The van der Waals surface area contributed by atoms with Gasteiger partial charge in [0.05, 0.1) is 0 Å². The second kappa shape index (κ2) is 5.80. The average molecular weight is 268 g/mol. The Balaban J connectivity index is 2.06. The minimum atomic E-state index is -1.05. The summed E-state index contributed by atoms with van der Waals surface area (Å²) in [5.74, 6) is -0.880. The summed E-state index contributed by atoms with van der Waals surface area (Å²) in [6.07, 6.45) is 7.07. The summed E-state index contributed by atoms with van der Waals surface area (Å²) in [4.78, 5) is 25.7. The Morgan fingerprint density at radius 1 is 1.21 bits per heavy atom. The van der Waals surface area contributed by atoms with Gasteiger partial charge in [-0.3, -0.25) is 0 Å². The lowest BCUT2D eigenvalue weighted by Gasteiger charge is -2.32. The van der Waals surface area contributed by atoms with Gasteiger partial charge >= 0.3 is 12.0 Å². The van der Waals surface area contributed by atoms with Gasteiger partial charge in [0.1, 0.15) is 5.54 Å². The molecule has 5 nitrogen and oxygen atoms in total. The zero-order valence-corrected chi connectivity index (χ0v) is 11.7. The predicted octanol–water partition coefficient (Wildman–Crippen LogP) is 2.36. The topological polar surface area (TPSA) is 69.6 Å². The largest absolute Gasteiger partial charge is 0.480 e. The summed E-state index contributed by atoms with van der Waals surface area (Å²) >= 11 is 0. The molecule has 0 spiro atoms. The molecule has 0 radical (unpaired) electrons. The van der Waals surface area contributed by atoms with Crippen LogP contribution in [0.2, 0.25) is 0 Å². The first-order chi connectivity index (χ1) is 9.09. The third-order valence-corrected chi connectivity index (χ3v) is 4.30. The number of rotatable bonds is 4. The highest BCUT2D eigenvalue weighted by molar-refractivity contribution is 5.86. The van der Waals surface area contributed by atoms with Gasteiger partial charge in [-0.25, -0.2) is 9.59 Å². The van der Waals surface area contributed by atoms with Crippen molar-refractivity contribution in [2.24, 2.45) is 0 Å². The summed E-state index contributed by atoms with van der Waals surface area (Å²) in [6.45, 7) is 2.59. The average Bonchev–Trinajstić information content (AvgIpc) is 3.17. The third-order valence-electron chi connectivity index (χ3n) is 4.30. The van der Waals surface area contributed by atoms with Crippen LogP contribution in [-0.4, -0.2) is 40.1 Å². The van der Waals surface area contributed by atoms with Crippen LogP contribution in [0.1, 0.15) is 58.3 Å². The maximum Gasteiger partial charge on any atom is 0.329 e. The quantitative estimate of drug-likeness (QED) is 0.769. The van der Waals surface area contributed by atoms with E-state index in [2.05, 4.69) is 5.32 Å². The lowest BCUT2D eigenvalue weighted by atomic mass is 9.90. The first-order valence-electron chi connectivity index (χ1n) is 7.41. The number of hydrogen-bond acceptors (Lipinski definition) is 2. The molecular weight excluding hydrogens is 244 g/mol. The summed E-state index contributed by atoms with van der Waals surface area (Å²) < 4.78 is 0. The van der Waals surface area contributed by atoms with E-state index in [0.717, 1.165) is 38.5 Å². The standard InChI is InChI=1S/C14H24N2O3/c1-2-16(11-7-8-11)13(19)15-14(12(17)18)9-5-3-4-6-10-14/h11H,2-10H2,1H3,(H,15,19)(H,17,18). The fourth-order valence-corrected chi connectivity index (χ4v) is 2.95. The van der Waals surface area contributed by atoms with E-state index in [4.69, 9.17) is 0 Å². The van der Waals surface area contributed by atoms with E-state index in [-0.39, 0.29) is 6.03 Å². The van der Waals surface area contributed by atoms with Crippen LogP contribution in [0.25, 0.3) is 0 Å². The van der Waals surface area contributed by atoms with Gasteiger partial charge in [-0.15, -0.1) is 0 Å². The number of aliphatic carboxylic acids is 1. The van der Waals surface area contributed by atoms with Crippen molar-refractivity contribution in [3.63, 3.8) is 0 Å². The summed E-state index contributed by atoms with van der Waals surface area (Å²) in [7, 11) is 0. The van der Waals surface area contributed by atoms with E-state index in [1.54, 1.807) is 4.90 Å². The second-order valence-corrected chi connectivity index (χ2v) is 5.75. The van der Waals surface area contributed by atoms with Crippen molar-refractivity contribution in [1.29, 1.82) is 0 Å². The van der Waals surface area contributed by atoms with Crippen molar-refractivity contribution in [2.75, 3.05) is 6.54 Å². The minimum Gasteiger partial charge on any atom is -0.480 e. The van der Waals surface area contributed by atoms with E-state index < -0.39 is 11.5 Å². The highest BCUT2D eigenvalue weighted by Gasteiger charge is 2.42. The number of urea groups is 1. The molecule has 0 bridgehead atoms. The molecular formula is C14H24N2O3. The van der Waals surface area contributed by atoms with Crippen LogP contribution in [0, 0.1) is 0 Å². The lowest BCUT2D eigenvalue weighted by molar-refractivity contribution is -0.145. The molecule has 19 heavy (non-hydrogen) atoms. The van der Waals surface area contributed by atoms with Gasteiger partial charge < -0.3 is 15.3 Å². The molecule has 0 aromatic heterocycles. The molecule has 0 unspecified atom stereocenters. The Kier molecular flexibility index (Phi) is 4.32. The number of carbonyl (C=O) groups excluding carboxylic acids is 1. The molecule has 0 aliphatic heterocycles. The Hall–Kier alpha value is -1.26. The summed E-state index contributed by atoms with van der Waals surface area (Å²) in [5.41, 5.74) is -1.05. The van der Waals surface area contributed by atoms with Crippen molar-refractivity contribution < 1.29 is 14.7 Å². The summed E-state index contributed by atoms with van der Waals surface area (Å²) in [6, 6.07) is 0.121. The molecule has 0 heterocycles. The van der Waals surface area contributed by atoms with Gasteiger partial charge in [-0.2, -0.15) is 0 Å². The first-order valence-corrected chi connectivity index (χ1v) is 7.41. The Labute approximate surface area is 114 Å². The summed E-state index contributed by atoms with van der Waals surface area (Å²) in [5, 5.41) is 12.4. The van der Waals surface area contributed by atoms with Crippen LogP contribution in [-0.2, 0) is 4.79 Å². The number of hydrogen-bond donors (Lipinski definition) is 2. The molecule has 2 N–H and O–H groups in total.